The second-order valence-electron chi connectivity index (χ2n) is 8.91. The van der Waals surface area contributed by atoms with Crippen LogP contribution in [0.3, 0.4) is 0 Å². The molecule has 1 aliphatic carbocycles. The molecule has 2 unspecified atom stereocenters. The molecule has 36 heavy (non-hydrogen) atoms. The first-order valence-corrected chi connectivity index (χ1v) is 13.0. The number of halogens is 5. The Labute approximate surface area is 232 Å². The number of aryl methyl sites for hydroxylation is 1. The Kier molecular flexibility index (Phi) is 6.78. The lowest BCUT2D eigenvalue weighted by Crippen LogP contribution is -2.17. The van der Waals surface area contributed by atoms with E-state index in [9.17, 15) is 9.59 Å². The number of carbonyl (C=O) groups is 2. The van der Waals surface area contributed by atoms with E-state index in [0.717, 1.165) is 22.0 Å². The van der Waals surface area contributed by atoms with Gasteiger partial charge in [-0.3, -0.25) is 9.59 Å². The molecule has 4 aromatic rings. The molecule has 1 saturated carbocycles. The van der Waals surface area contributed by atoms with E-state index in [1.165, 1.54) is 0 Å². The highest BCUT2D eigenvalue weighted by Gasteiger charge is 2.67. The molecule has 5 rings (SSSR count). The van der Waals surface area contributed by atoms with Crippen molar-refractivity contribution in [3.63, 3.8) is 0 Å². The molecule has 3 aromatic carbocycles. The van der Waals surface area contributed by atoms with Crippen molar-refractivity contribution in [2.45, 2.75) is 23.6 Å². The van der Waals surface area contributed by atoms with Crippen molar-refractivity contribution >= 4 is 86.3 Å². The molecule has 1 heterocycles. The summed E-state index contributed by atoms with van der Waals surface area (Å²) in [5.41, 5.74) is 4.38. The molecule has 9 heteroatoms. The number of hydrogen-bond donors (Lipinski definition) is 2. The van der Waals surface area contributed by atoms with E-state index in [1.807, 2.05) is 31.3 Å². The fourth-order valence-electron chi connectivity index (χ4n) is 4.65. The zero-order valence-electron chi connectivity index (χ0n) is 18.8. The molecule has 2 atom stereocenters. The number of amides is 1. The topological polar surface area (TPSA) is 62.0 Å². The first-order chi connectivity index (χ1) is 17.1. The van der Waals surface area contributed by atoms with Crippen LogP contribution < -0.4 is 5.32 Å². The van der Waals surface area contributed by atoms with E-state index in [2.05, 4.69) is 10.3 Å². The highest BCUT2D eigenvalue weighted by atomic mass is 35.5. The molecule has 0 saturated heterocycles. The van der Waals surface area contributed by atoms with Gasteiger partial charge in [-0.05, 0) is 72.1 Å². The van der Waals surface area contributed by atoms with Crippen LogP contribution in [0.2, 0.25) is 15.1 Å². The molecule has 184 valence electrons. The maximum atomic E-state index is 13.2. The van der Waals surface area contributed by atoms with Crippen LogP contribution in [-0.2, 0) is 11.2 Å². The number of anilines is 1. The Bertz CT molecular complexity index is 1510. The van der Waals surface area contributed by atoms with Gasteiger partial charge in [0, 0.05) is 50.7 Å². The van der Waals surface area contributed by atoms with Gasteiger partial charge in [0.15, 0.2) is 5.78 Å². The van der Waals surface area contributed by atoms with Crippen LogP contribution in [0.4, 0.5) is 5.69 Å². The highest BCUT2D eigenvalue weighted by Crippen LogP contribution is 2.65. The summed E-state index contributed by atoms with van der Waals surface area (Å²) < 4.78 is -1.31. The number of benzene rings is 3. The Morgan fingerprint density at radius 1 is 0.972 bits per heavy atom. The minimum absolute atomic E-state index is 0.156. The third-order valence-corrected chi connectivity index (χ3v) is 8.29. The van der Waals surface area contributed by atoms with Crippen molar-refractivity contribution in [1.29, 1.82) is 0 Å². The quantitative estimate of drug-likeness (QED) is 0.178. The summed E-state index contributed by atoms with van der Waals surface area (Å²) in [6.45, 7) is 1.99. The lowest BCUT2D eigenvalue weighted by Gasteiger charge is -2.11. The van der Waals surface area contributed by atoms with Crippen molar-refractivity contribution < 1.29 is 9.59 Å². The molecule has 0 spiro atoms. The predicted molar refractivity (Wildman–Crippen MR) is 148 cm³/mol. The monoisotopic (exact) mass is 578 g/mol. The van der Waals surface area contributed by atoms with Crippen LogP contribution in [0, 0.1) is 12.8 Å². The Morgan fingerprint density at radius 2 is 1.69 bits per heavy atom. The van der Waals surface area contributed by atoms with Crippen LogP contribution in [0.5, 0.6) is 0 Å². The first-order valence-electron chi connectivity index (χ1n) is 11.1. The maximum Gasteiger partial charge on any atom is 0.231 e. The summed E-state index contributed by atoms with van der Waals surface area (Å²) >= 11 is 31.5. The first kappa shape index (κ1) is 25.4. The molecule has 1 aliphatic rings. The summed E-state index contributed by atoms with van der Waals surface area (Å²) in [4.78, 5) is 29.4. The van der Waals surface area contributed by atoms with E-state index in [1.54, 1.807) is 36.4 Å². The van der Waals surface area contributed by atoms with Crippen LogP contribution in [0.1, 0.15) is 33.0 Å². The molecule has 1 amide bonds. The summed E-state index contributed by atoms with van der Waals surface area (Å²) in [7, 11) is 0. The second kappa shape index (κ2) is 9.59. The molecule has 0 radical (unpaired) electrons. The SMILES string of the molecule is Cc1c(CC(=O)c2cc(NC(=O)C3C(c4cc(Cl)cc(Cl)c4)C3(Cl)Cl)ccc2Cl)ccc2[nH]ccc12. The van der Waals surface area contributed by atoms with Gasteiger partial charge in [-0.15, -0.1) is 23.2 Å². The zero-order chi connectivity index (χ0) is 25.8. The standard InChI is InChI=1S/C27H19Cl5N2O2/c1-13-14(2-5-22-19(13)6-7-33-22)10-23(35)20-12-18(3-4-21(20)30)34-26(36)25-24(27(25,31)32)15-8-16(28)11-17(29)9-15/h2-9,11-12,24-25,33H,10H2,1H3,(H,34,36). The lowest BCUT2D eigenvalue weighted by atomic mass is 9.97. The number of rotatable bonds is 6. The number of nitrogens with one attached hydrogen (secondary N) is 2. The molecule has 0 bridgehead atoms. The minimum atomic E-state index is -1.31. The maximum absolute atomic E-state index is 13.2. The van der Waals surface area contributed by atoms with E-state index >= 15 is 0 Å². The largest absolute Gasteiger partial charge is 0.361 e. The highest BCUT2D eigenvalue weighted by molar-refractivity contribution is 6.53. The van der Waals surface area contributed by atoms with Gasteiger partial charge in [-0.2, -0.15) is 0 Å². The van der Waals surface area contributed by atoms with Gasteiger partial charge in [0.05, 0.1) is 10.9 Å². The molecular weight excluding hydrogens is 562 g/mol. The average Bonchev–Trinajstić information content (AvgIpc) is 3.13. The van der Waals surface area contributed by atoms with Gasteiger partial charge in [-0.1, -0.05) is 40.9 Å². The third kappa shape index (κ3) is 4.73. The molecular formula is C27H19Cl5N2O2. The van der Waals surface area contributed by atoms with Crippen molar-refractivity contribution in [3.05, 3.63) is 98.1 Å². The Balaban J connectivity index is 1.34. The fourth-order valence-corrected chi connectivity index (χ4v) is 6.24. The van der Waals surface area contributed by atoms with Crippen LogP contribution >= 0.6 is 58.0 Å². The summed E-state index contributed by atoms with van der Waals surface area (Å²) in [5.74, 6) is -1.73. The van der Waals surface area contributed by atoms with Gasteiger partial charge in [-0.25, -0.2) is 0 Å². The number of alkyl halides is 2. The number of hydrogen-bond acceptors (Lipinski definition) is 2. The van der Waals surface area contributed by atoms with Crippen LogP contribution in [-0.4, -0.2) is 21.0 Å². The third-order valence-electron chi connectivity index (χ3n) is 6.58. The summed E-state index contributed by atoms with van der Waals surface area (Å²) in [6, 6.07) is 15.6. The van der Waals surface area contributed by atoms with Gasteiger partial charge in [0.2, 0.25) is 5.91 Å². The zero-order valence-corrected chi connectivity index (χ0v) is 22.6. The fraction of sp³-hybridized carbons (Fsp3) is 0.185. The number of H-pyrrole nitrogens is 1. The van der Waals surface area contributed by atoms with Crippen molar-refractivity contribution in [1.82, 2.24) is 4.98 Å². The number of ketones is 1. The van der Waals surface area contributed by atoms with Crippen LogP contribution in [0.25, 0.3) is 10.9 Å². The predicted octanol–water partition coefficient (Wildman–Crippen LogP) is 8.39. The van der Waals surface area contributed by atoms with Crippen LogP contribution in [0.15, 0.2) is 60.8 Å². The molecule has 4 nitrogen and oxygen atoms in total. The van der Waals surface area contributed by atoms with E-state index in [-0.39, 0.29) is 18.1 Å². The molecule has 0 aliphatic heterocycles. The minimum Gasteiger partial charge on any atom is -0.361 e. The average molecular weight is 581 g/mol. The van der Waals surface area contributed by atoms with E-state index in [4.69, 9.17) is 58.0 Å². The Hall–Kier alpha value is -2.21. The van der Waals surface area contributed by atoms with Crippen molar-refractivity contribution in [2.75, 3.05) is 5.32 Å². The van der Waals surface area contributed by atoms with E-state index in [0.29, 0.717) is 31.9 Å². The number of carbonyl (C=O) groups excluding carboxylic acids is 2. The molecule has 2 N–H and O–H groups in total. The summed E-state index contributed by atoms with van der Waals surface area (Å²) in [6.07, 6.45) is 2.05. The number of Topliss-reactive ketones (excluding diaryl/α,β-unsaturated/α-hetero) is 1. The summed E-state index contributed by atoms with van der Waals surface area (Å²) in [5, 5.41) is 5.05. The number of aromatic nitrogens is 1. The van der Waals surface area contributed by atoms with Gasteiger partial charge in [0.25, 0.3) is 0 Å². The van der Waals surface area contributed by atoms with E-state index < -0.39 is 16.2 Å². The van der Waals surface area contributed by atoms with Gasteiger partial charge < -0.3 is 10.3 Å². The van der Waals surface area contributed by atoms with Crippen molar-refractivity contribution in [2.24, 2.45) is 5.92 Å². The number of aromatic amines is 1. The molecule has 1 aromatic heterocycles. The second-order valence-corrected chi connectivity index (χ2v) is 11.6. The normalized spacial score (nSPS) is 18.3. The number of fused-ring (bicyclic) bond motifs is 1. The molecule has 1 fully saturated rings. The lowest BCUT2D eigenvalue weighted by molar-refractivity contribution is -0.117. The Morgan fingerprint density at radius 3 is 2.42 bits per heavy atom. The van der Waals surface area contributed by atoms with Crippen molar-refractivity contribution in [3.8, 4) is 0 Å². The van der Waals surface area contributed by atoms with Gasteiger partial charge in [0.1, 0.15) is 4.33 Å². The smallest absolute Gasteiger partial charge is 0.231 e. The van der Waals surface area contributed by atoms with Gasteiger partial charge >= 0.3 is 0 Å².